The molecular formula is C21H21ClN2O2S. The quantitative estimate of drug-likeness (QED) is 0.665. The van der Waals surface area contributed by atoms with Crippen LogP contribution in [0.15, 0.2) is 54.6 Å². The van der Waals surface area contributed by atoms with Gasteiger partial charge < -0.3 is 5.32 Å². The molecule has 6 heteroatoms. The molecule has 2 atom stereocenters. The first kappa shape index (κ1) is 19.5. The van der Waals surface area contributed by atoms with E-state index in [1.165, 1.54) is 0 Å². The van der Waals surface area contributed by atoms with Crippen molar-refractivity contribution in [1.29, 1.82) is 0 Å². The van der Waals surface area contributed by atoms with E-state index < -0.39 is 10.8 Å². The number of nitrogens with zero attached hydrogens (tertiary/aromatic N) is 1. The summed E-state index contributed by atoms with van der Waals surface area (Å²) in [5.41, 5.74) is 2.74. The number of amides is 1. The first-order valence-electron chi connectivity index (χ1n) is 8.72. The minimum Gasteiger partial charge on any atom is -0.352 e. The second-order valence-electron chi connectivity index (χ2n) is 6.41. The Morgan fingerprint density at radius 2 is 1.89 bits per heavy atom. The summed E-state index contributed by atoms with van der Waals surface area (Å²) in [5.74, 6) is -0.170. The van der Waals surface area contributed by atoms with Gasteiger partial charge in [0.25, 0.3) is 5.91 Å². The van der Waals surface area contributed by atoms with Gasteiger partial charge in [0.05, 0.1) is 16.8 Å². The zero-order valence-electron chi connectivity index (χ0n) is 15.2. The number of rotatable bonds is 6. The monoisotopic (exact) mass is 400 g/mol. The molecular weight excluding hydrogens is 380 g/mol. The molecule has 0 radical (unpaired) electrons. The molecule has 0 fully saturated rings. The number of fused-ring (bicyclic) bond motifs is 1. The molecule has 1 heterocycles. The molecule has 1 aromatic heterocycles. The van der Waals surface area contributed by atoms with Gasteiger partial charge in [0.1, 0.15) is 0 Å². The van der Waals surface area contributed by atoms with Gasteiger partial charge in [-0.25, -0.2) is 4.98 Å². The molecule has 3 rings (SSSR count). The second-order valence-corrected chi connectivity index (χ2v) is 8.61. The van der Waals surface area contributed by atoms with Crippen LogP contribution in [0.25, 0.3) is 22.2 Å². The fourth-order valence-corrected chi connectivity index (χ4v) is 3.50. The van der Waals surface area contributed by atoms with Crippen molar-refractivity contribution in [1.82, 2.24) is 10.3 Å². The Morgan fingerprint density at radius 1 is 1.19 bits per heavy atom. The maximum absolute atomic E-state index is 12.8. The molecule has 3 aromatic rings. The molecule has 0 aliphatic heterocycles. The van der Waals surface area contributed by atoms with Crippen LogP contribution < -0.4 is 5.32 Å². The standard InChI is InChI=1S/C21H21ClN2O2S/c1-14(27(2)26)11-12-23-21(25)17-13-20(16-8-3-5-9-18(16)22)24-19-10-6-4-7-15(17)19/h3-10,13-14H,11-12H2,1-2H3,(H,23,25)/t14-,27-/m1/s1. The molecule has 0 unspecified atom stereocenters. The average Bonchev–Trinajstić information content (AvgIpc) is 2.67. The third kappa shape index (κ3) is 4.54. The van der Waals surface area contributed by atoms with Gasteiger partial charge in [0.2, 0.25) is 0 Å². The van der Waals surface area contributed by atoms with Gasteiger partial charge in [-0.15, -0.1) is 0 Å². The van der Waals surface area contributed by atoms with Crippen LogP contribution in [0.1, 0.15) is 23.7 Å². The Kier molecular flexibility index (Phi) is 6.24. The van der Waals surface area contributed by atoms with Gasteiger partial charge >= 0.3 is 0 Å². The van der Waals surface area contributed by atoms with Crippen molar-refractivity contribution in [2.75, 3.05) is 12.8 Å². The summed E-state index contributed by atoms with van der Waals surface area (Å²) >= 11 is 6.32. The summed E-state index contributed by atoms with van der Waals surface area (Å²) in [4.78, 5) is 17.5. The topological polar surface area (TPSA) is 59.1 Å². The number of benzene rings is 2. The smallest absolute Gasteiger partial charge is 0.252 e. The molecule has 4 nitrogen and oxygen atoms in total. The van der Waals surface area contributed by atoms with Crippen molar-refractivity contribution < 1.29 is 9.00 Å². The number of nitrogens with one attached hydrogen (secondary N) is 1. The molecule has 1 amide bonds. The van der Waals surface area contributed by atoms with E-state index in [4.69, 9.17) is 11.6 Å². The van der Waals surface area contributed by atoms with Crippen LogP contribution in [0.4, 0.5) is 0 Å². The third-order valence-corrected chi connectivity index (χ3v) is 6.21. The summed E-state index contributed by atoms with van der Waals surface area (Å²) in [6.45, 7) is 2.39. The Morgan fingerprint density at radius 3 is 2.63 bits per heavy atom. The average molecular weight is 401 g/mol. The number of para-hydroxylation sites is 1. The lowest BCUT2D eigenvalue weighted by molar-refractivity contribution is 0.0955. The second kappa shape index (κ2) is 8.63. The van der Waals surface area contributed by atoms with E-state index in [0.29, 0.717) is 29.2 Å². The van der Waals surface area contributed by atoms with Crippen LogP contribution in [0, 0.1) is 0 Å². The van der Waals surface area contributed by atoms with Gasteiger partial charge in [-0.1, -0.05) is 54.9 Å². The summed E-state index contributed by atoms with van der Waals surface area (Å²) in [6.07, 6.45) is 2.34. The highest BCUT2D eigenvalue weighted by Gasteiger charge is 2.15. The molecule has 0 saturated heterocycles. The van der Waals surface area contributed by atoms with Gasteiger partial charge in [0, 0.05) is 44.8 Å². The highest BCUT2D eigenvalue weighted by Crippen LogP contribution is 2.29. The minimum atomic E-state index is -0.899. The predicted octanol–water partition coefficient (Wildman–Crippen LogP) is 4.44. The van der Waals surface area contributed by atoms with Crippen molar-refractivity contribution in [3.63, 3.8) is 0 Å². The van der Waals surface area contributed by atoms with E-state index in [0.717, 1.165) is 16.5 Å². The number of carbonyl (C=O) groups is 1. The number of carbonyl (C=O) groups excluding carboxylic acids is 1. The zero-order chi connectivity index (χ0) is 19.4. The largest absolute Gasteiger partial charge is 0.352 e. The fraction of sp³-hybridized carbons (Fsp3) is 0.238. The van der Waals surface area contributed by atoms with Crippen molar-refractivity contribution in [2.24, 2.45) is 0 Å². The van der Waals surface area contributed by atoms with Crippen molar-refractivity contribution in [3.8, 4) is 11.3 Å². The SMILES string of the molecule is C[C@H](CCNC(=O)c1cc(-c2ccccc2Cl)nc2ccccc12)[S@@](C)=O. The number of hydrogen-bond donors (Lipinski definition) is 1. The van der Waals surface area contributed by atoms with E-state index in [2.05, 4.69) is 10.3 Å². The highest BCUT2D eigenvalue weighted by molar-refractivity contribution is 7.84. The molecule has 0 aliphatic rings. The number of pyridine rings is 1. The van der Waals surface area contributed by atoms with Crippen LogP contribution in [-0.2, 0) is 10.8 Å². The first-order chi connectivity index (χ1) is 13.0. The van der Waals surface area contributed by atoms with Crippen LogP contribution in [0.5, 0.6) is 0 Å². The molecule has 2 aromatic carbocycles. The maximum atomic E-state index is 12.8. The van der Waals surface area contributed by atoms with Gasteiger partial charge in [-0.3, -0.25) is 9.00 Å². The Labute approximate surface area is 166 Å². The fourth-order valence-electron chi connectivity index (χ4n) is 2.82. The van der Waals surface area contributed by atoms with Crippen LogP contribution in [0.2, 0.25) is 5.02 Å². The molecule has 27 heavy (non-hydrogen) atoms. The normalized spacial score (nSPS) is 13.3. The number of halogens is 1. The van der Waals surface area contributed by atoms with Crippen LogP contribution in [0.3, 0.4) is 0 Å². The maximum Gasteiger partial charge on any atom is 0.252 e. The molecule has 1 N–H and O–H groups in total. The van der Waals surface area contributed by atoms with Crippen molar-refractivity contribution in [3.05, 3.63) is 65.2 Å². The lowest BCUT2D eigenvalue weighted by atomic mass is 10.0. The summed E-state index contributed by atoms with van der Waals surface area (Å²) in [6, 6.07) is 16.8. The lowest BCUT2D eigenvalue weighted by Gasteiger charge is -2.12. The van der Waals surface area contributed by atoms with E-state index in [-0.39, 0.29) is 11.2 Å². The van der Waals surface area contributed by atoms with Crippen molar-refractivity contribution in [2.45, 2.75) is 18.6 Å². The van der Waals surface area contributed by atoms with E-state index >= 15 is 0 Å². The molecule has 140 valence electrons. The number of aromatic nitrogens is 1. The summed E-state index contributed by atoms with van der Waals surface area (Å²) < 4.78 is 11.5. The van der Waals surface area contributed by atoms with Gasteiger partial charge in [-0.2, -0.15) is 0 Å². The summed E-state index contributed by atoms with van der Waals surface area (Å²) in [7, 11) is -0.899. The first-order valence-corrected chi connectivity index (χ1v) is 10.7. The minimum absolute atomic E-state index is 0.0400. The molecule has 0 saturated carbocycles. The van der Waals surface area contributed by atoms with E-state index in [9.17, 15) is 9.00 Å². The zero-order valence-corrected chi connectivity index (χ0v) is 16.8. The van der Waals surface area contributed by atoms with Crippen LogP contribution >= 0.6 is 11.6 Å². The lowest BCUT2D eigenvalue weighted by Crippen LogP contribution is -2.27. The van der Waals surface area contributed by atoms with Crippen LogP contribution in [-0.4, -0.2) is 33.2 Å². The molecule has 0 bridgehead atoms. The predicted molar refractivity (Wildman–Crippen MR) is 113 cm³/mol. The van der Waals surface area contributed by atoms with Gasteiger partial charge in [0.15, 0.2) is 0 Å². The van der Waals surface area contributed by atoms with E-state index in [1.807, 2.05) is 49.4 Å². The Balaban J connectivity index is 1.95. The van der Waals surface area contributed by atoms with E-state index in [1.54, 1.807) is 18.4 Å². The Bertz CT molecular complexity index is 1010. The van der Waals surface area contributed by atoms with Crippen molar-refractivity contribution >= 4 is 39.2 Å². The number of hydrogen-bond acceptors (Lipinski definition) is 3. The van der Waals surface area contributed by atoms with Gasteiger partial charge in [-0.05, 0) is 24.6 Å². The molecule has 0 aliphatic carbocycles. The molecule has 0 spiro atoms. The third-order valence-electron chi connectivity index (χ3n) is 4.51. The highest BCUT2D eigenvalue weighted by atomic mass is 35.5. The Hall–Kier alpha value is -2.24. The summed E-state index contributed by atoms with van der Waals surface area (Å²) in [5, 5.41) is 4.35.